The van der Waals surface area contributed by atoms with Gasteiger partial charge in [0.15, 0.2) is 0 Å². The van der Waals surface area contributed by atoms with Crippen LogP contribution in [-0.2, 0) is 0 Å². The van der Waals surface area contributed by atoms with E-state index in [9.17, 15) is 4.79 Å². The fraction of sp³-hybridized carbons (Fsp3) is 0.333. The highest BCUT2D eigenvalue weighted by Gasteiger charge is 2.39. The number of rotatable bonds is 3. The SMILES string of the molecule is N#Cc1ccc(-c2ccc(C(=O)NC3CC4CCC3N4)s2)cc1. The van der Waals surface area contributed by atoms with Gasteiger partial charge in [-0.1, -0.05) is 12.1 Å². The van der Waals surface area contributed by atoms with Crippen LogP contribution in [-0.4, -0.2) is 24.0 Å². The number of carbonyl (C=O) groups is 1. The highest BCUT2D eigenvalue weighted by atomic mass is 32.1. The van der Waals surface area contributed by atoms with Gasteiger partial charge in [0, 0.05) is 23.0 Å². The third kappa shape index (κ3) is 2.76. The zero-order chi connectivity index (χ0) is 15.8. The number of thiophene rings is 1. The van der Waals surface area contributed by atoms with E-state index in [0.717, 1.165) is 28.2 Å². The van der Waals surface area contributed by atoms with E-state index in [2.05, 4.69) is 16.7 Å². The molecular weight excluding hydrogens is 306 g/mol. The first-order valence-electron chi connectivity index (χ1n) is 7.90. The monoisotopic (exact) mass is 323 g/mol. The van der Waals surface area contributed by atoms with Crippen LogP contribution < -0.4 is 10.6 Å². The van der Waals surface area contributed by atoms with Crippen LogP contribution in [0.2, 0.25) is 0 Å². The lowest BCUT2D eigenvalue weighted by Crippen LogP contribution is -2.42. The Morgan fingerprint density at radius 1 is 1.22 bits per heavy atom. The molecule has 0 saturated carbocycles. The molecule has 2 aromatic rings. The van der Waals surface area contributed by atoms with Gasteiger partial charge in [-0.05, 0) is 49.1 Å². The van der Waals surface area contributed by atoms with E-state index in [0.29, 0.717) is 17.6 Å². The first kappa shape index (κ1) is 14.4. The average molecular weight is 323 g/mol. The van der Waals surface area contributed by atoms with Crippen LogP contribution in [0.15, 0.2) is 36.4 Å². The molecule has 1 aromatic heterocycles. The molecule has 5 heteroatoms. The van der Waals surface area contributed by atoms with Crippen LogP contribution in [0.1, 0.15) is 34.5 Å². The molecular formula is C18H17N3OS. The van der Waals surface area contributed by atoms with Gasteiger partial charge >= 0.3 is 0 Å². The fourth-order valence-electron chi connectivity index (χ4n) is 3.55. The Bertz CT molecular complexity index is 774. The number of carbonyl (C=O) groups excluding carboxylic acids is 1. The minimum absolute atomic E-state index is 0.0224. The van der Waals surface area contributed by atoms with Crippen molar-refractivity contribution in [3.8, 4) is 16.5 Å². The lowest BCUT2D eigenvalue weighted by atomic mass is 9.95. The van der Waals surface area contributed by atoms with Crippen molar-refractivity contribution in [3.05, 3.63) is 46.8 Å². The summed E-state index contributed by atoms with van der Waals surface area (Å²) in [6.07, 6.45) is 3.44. The molecule has 0 radical (unpaired) electrons. The molecule has 2 N–H and O–H groups in total. The molecule has 0 spiro atoms. The minimum Gasteiger partial charge on any atom is -0.347 e. The van der Waals surface area contributed by atoms with Gasteiger partial charge in [-0.2, -0.15) is 5.26 Å². The Balaban J connectivity index is 1.46. The summed E-state index contributed by atoms with van der Waals surface area (Å²) in [6, 6.07) is 14.7. The van der Waals surface area contributed by atoms with Crippen LogP contribution in [0.25, 0.3) is 10.4 Å². The Hall–Kier alpha value is -2.16. The number of hydrogen-bond donors (Lipinski definition) is 2. The largest absolute Gasteiger partial charge is 0.347 e. The standard InChI is InChI=1S/C18H17N3OS/c19-10-11-1-3-12(4-2-11)16-7-8-17(23-16)18(22)21-15-9-13-5-6-14(15)20-13/h1-4,7-8,13-15,20H,5-6,9H2,(H,21,22). The maximum Gasteiger partial charge on any atom is 0.261 e. The quantitative estimate of drug-likeness (QED) is 0.913. The van der Waals surface area contributed by atoms with Gasteiger partial charge in [0.1, 0.15) is 0 Å². The van der Waals surface area contributed by atoms with Gasteiger partial charge < -0.3 is 10.6 Å². The Morgan fingerprint density at radius 3 is 2.70 bits per heavy atom. The molecule has 23 heavy (non-hydrogen) atoms. The van der Waals surface area contributed by atoms with Crippen LogP contribution in [0, 0.1) is 11.3 Å². The number of fused-ring (bicyclic) bond motifs is 2. The number of nitrogens with zero attached hydrogens (tertiary/aromatic N) is 1. The van der Waals surface area contributed by atoms with Gasteiger partial charge in [0.2, 0.25) is 0 Å². The Morgan fingerprint density at radius 2 is 2.04 bits per heavy atom. The summed E-state index contributed by atoms with van der Waals surface area (Å²) in [7, 11) is 0. The summed E-state index contributed by atoms with van der Waals surface area (Å²) in [4.78, 5) is 14.2. The molecule has 2 fully saturated rings. The molecule has 116 valence electrons. The van der Waals surface area contributed by atoms with Crippen LogP contribution in [0.5, 0.6) is 0 Å². The van der Waals surface area contributed by atoms with Crippen LogP contribution >= 0.6 is 11.3 Å². The second kappa shape index (κ2) is 5.80. The third-order valence-corrected chi connectivity index (χ3v) is 5.88. The first-order chi connectivity index (χ1) is 11.2. The van der Waals surface area contributed by atoms with Crippen molar-refractivity contribution in [2.75, 3.05) is 0 Å². The topological polar surface area (TPSA) is 64.9 Å². The van der Waals surface area contributed by atoms with Crippen molar-refractivity contribution in [2.24, 2.45) is 0 Å². The summed E-state index contributed by atoms with van der Waals surface area (Å²) in [6.45, 7) is 0. The van der Waals surface area contributed by atoms with E-state index in [1.54, 1.807) is 12.1 Å². The molecule has 1 aromatic carbocycles. The molecule has 2 aliphatic rings. The maximum absolute atomic E-state index is 12.5. The molecule has 3 heterocycles. The predicted molar refractivity (Wildman–Crippen MR) is 90.3 cm³/mol. The fourth-order valence-corrected chi connectivity index (χ4v) is 4.46. The van der Waals surface area contributed by atoms with Gasteiger partial charge in [-0.25, -0.2) is 0 Å². The molecule has 2 saturated heterocycles. The van der Waals surface area contributed by atoms with Crippen molar-refractivity contribution >= 4 is 17.2 Å². The van der Waals surface area contributed by atoms with E-state index in [4.69, 9.17) is 5.26 Å². The summed E-state index contributed by atoms with van der Waals surface area (Å²) >= 11 is 1.50. The molecule has 3 unspecified atom stereocenters. The van der Waals surface area contributed by atoms with Crippen LogP contribution in [0.4, 0.5) is 0 Å². The second-order valence-electron chi connectivity index (χ2n) is 6.22. The summed E-state index contributed by atoms with van der Waals surface area (Å²) < 4.78 is 0. The number of benzene rings is 1. The number of amides is 1. The van der Waals surface area contributed by atoms with Gasteiger partial charge in [0.25, 0.3) is 5.91 Å². The van der Waals surface area contributed by atoms with Crippen LogP contribution in [0.3, 0.4) is 0 Å². The number of hydrogen-bond acceptors (Lipinski definition) is 4. The highest BCUT2D eigenvalue weighted by Crippen LogP contribution is 2.30. The number of nitrogens with one attached hydrogen (secondary N) is 2. The lowest BCUT2D eigenvalue weighted by molar-refractivity contribution is 0.0935. The van der Waals surface area contributed by atoms with Gasteiger partial charge in [0.05, 0.1) is 16.5 Å². The third-order valence-electron chi connectivity index (χ3n) is 4.74. The molecule has 4 nitrogen and oxygen atoms in total. The lowest BCUT2D eigenvalue weighted by Gasteiger charge is -2.20. The molecule has 2 bridgehead atoms. The summed E-state index contributed by atoms with van der Waals surface area (Å²) in [5.41, 5.74) is 1.68. The molecule has 3 atom stereocenters. The van der Waals surface area contributed by atoms with Gasteiger partial charge in [-0.15, -0.1) is 11.3 Å². The minimum atomic E-state index is 0.0224. The average Bonchev–Trinajstić information content (AvgIpc) is 3.31. The van der Waals surface area contributed by atoms with Crippen molar-refractivity contribution < 1.29 is 4.79 Å². The van der Waals surface area contributed by atoms with E-state index in [-0.39, 0.29) is 11.9 Å². The van der Waals surface area contributed by atoms with Crippen molar-refractivity contribution in [1.29, 1.82) is 5.26 Å². The van der Waals surface area contributed by atoms with E-state index in [1.807, 2.05) is 24.3 Å². The molecule has 1 amide bonds. The van der Waals surface area contributed by atoms with Crippen molar-refractivity contribution in [3.63, 3.8) is 0 Å². The highest BCUT2D eigenvalue weighted by molar-refractivity contribution is 7.17. The van der Waals surface area contributed by atoms with E-state index in [1.165, 1.54) is 17.8 Å². The number of nitriles is 1. The van der Waals surface area contributed by atoms with E-state index >= 15 is 0 Å². The predicted octanol–water partition coefficient (Wildman–Crippen LogP) is 2.91. The van der Waals surface area contributed by atoms with E-state index < -0.39 is 0 Å². The Labute approximate surface area is 139 Å². The zero-order valence-electron chi connectivity index (χ0n) is 12.6. The zero-order valence-corrected chi connectivity index (χ0v) is 13.4. The first-order valence-corrected chi connectivity index (χ1v) is 8.72. The molecule has 2 aliphatic heterocycles. The molecule has 4 rings (SSSR count). The second-order valence-corrected chi connectivity index (χ2v) is 7.30. The Kier molecular flexibility index (Phi) is 3.64. The maximum atomic E-state index is 12.5. The summed E-state index contributed by atoms with van der Waals surface area (Å²) in [5, 5.41) is 15.6. The summed E-state index contributed by atoms with van der Waals surface area (Å²) in [5.74, 6) is 0.0224. The molecule has 0 aliphatic carbocycles. The van der Waals surface area contributed by atoms with Gasteiger partial charge in [-0.3, -0.25) is 4.79 Å². The van der Waals surface area contributed by atoms with Crippen molar-refractivity contribution in [2.45, 2.75) is 37.4 Å². The normalized spacial score (nSPS) is 25.3. The van der Waals surface area contributed by atoms with Crippen molar-refractivity contribution in [1.82, 2.24) is 10.6 Å². The smallest absolute Gasteiger partial charge is 0.261 e.